The van der Waals surface area contributed by atoms with Gasteiger partial charge >= 0.3 is 0 Å². The van der Waals surface area contributed by atoms with E-state index in [0.29, 0.717) is 26.1 Å². The predicted octanol–water partition coefficient (Wildman–Crippen LogP) is 1.01. The van der Waals surface area contributed by atoms with Crippen molar-refractivity contribution in [1.29, 1.82) is 10.5 Å². The quantitative estimate of drug-likeness (QED) is 0.581. The lowest BCUT2D eigenvalue weighted by molar-refractivity contribution is -0.0371. The maximum Gasteiger partial charge on any atom is 0.0623 e. The van der Waals surface area contributed by atoms with Gasteiger partial charge in [-0.3, -0.25) is 9.80 Å². The highest BCUT2D eigenvalue weighted by Crippen LogP contribution is 2.14. The molecule has 0 bridgehead atoms. The molecule has 0 spiro atoms. The van der Waals surface area contributed by atoms with Crippen LogP contribution in [-0.2, 0) is 14.2 Å². The summed E-state index contributed by atoms with van der Waals surface area (Å²) in [6.07, 6.45) is 2.76. The van der Waals surface area contributed by atoms with Crippen LogP contribution in [-0.4, -0.2) is 87.7 Å². The predicted molar refractivity (Wildman–Crippen MR) is 92.9 cm³/mol. The van der Waals surface area contributed by atoms with Gasteiger partial charge in [0.2, 0.25) is 0 Å². The van der Waals surface area contributed by atoms with Crippen LogP contribution < -0.4 is 0 Å². The second-order valence-electron chi connectivity index (χ2n) is 6.54. The molecule has 2 heterocycles. The van der Waals surface area contributed by atoms with Crippen LogP contribution in [0.15, 0.2) is 0 Å². The van der Waals surface area contributed by atoms with Gasteiger partial charge in [0.15, 0.2) is 0 Å². The second kappa shape index (κ2) is 12.2. The molecule has 0 amide bonds. The lowest BCUT2D eigenvalue weighted by Gasteiger charge is -2.36. The van der Waals surface area contributed by atoms with E-state index in [1.165, 1.54) is 0 Å². The molecule has 0 radical (unpaired) electrons. The Labute approximate surface area is 151 Å². The van der Waals surface area contributed by atoms with E-state index < -0.39 is 0 Å². The van der Waals surface area contributed by atoms with E-state index in [4.69, 9.17) is 24.7 Å². The van der Waals surface area contributed by atoms with Gasteiger partial charge < -0.3 is 14.2 Å². The van der Waals surface area contributed by atoms with E-state index in [2.05, 4.69) is 21.9 Å². The molecule has 2 saturated heterocycles. The first kappa shape index (κ1) is 20.1. The van der Waals surface area contributed by atoms with Gasteiger partial charge in [-0.1, -0.05) is 0 Å². The zero-order valence-corrected chi connectivity index (χ0v) is 15.1. The highest BCUT2D eigenvalue weighted by Gasteiger charge is 2.24. The van der Waals surface area contributed by atoms with E-state index in [1.807, 2.05) is 0 Å². The van der Waals surface area contributed by atoms with Crippen molar-refractivity contribution in [3.63, 3.8) is 0 Å². The van der Waals surface area contributed by atoms with Crippen molar-refractivity contribution in [2.45, 2.75) is 37.8 Å². The molecule has 140 valence electrons. The zero-order valence-electron chi connectivity index (χ0n) is 15.1. The molecule has 0 aromatic carbocycles. The summed E-state index contributed by atoms with van der Waals surface area (Å²) in [7, 11) is 0. The Bertz CT molecular complexity index is 397. The maximum atomic E-state index is 8.91. The normalized spacial score (nSPS) is 22.0. The van der Waals surface area contributed by atoms with Crippen molar-refractivity contribution in [3.05, 3.63) is 0 Å². The molecular formula is C18H30N4O3. The fourth-order valence-electron chi connectivity index (χ4n) is 3.43. The fraction of sp³-hybridized carbons (Fsp3) is 0.889. The van der Waals surface area contributed by atoms with Gasteiger partial charge in [-0.2, -0.15) is 10.5 Å². The highest BCUT2D eigenvalue weighted by atomic mass is 16.5. The SMILES string of the molecule is N#CCCC(COCC(CCC#N)N1CCOCC1)N1CCOCC1. The second-order valence-corrected chi connectivity index (χ2v) is 6.54. The molecule has 2 fully saturated rings. The molecule has 0 aliphatic carbocycles. The molecule has 25 heavy (non-hydrogen) atoms. The maximum absolute atomic E-state index is 8.91. The summed E-state index contributed by atoms with van der Waals surface area (Å²) >= 11 is 0. The number of ether oxygens (including phenoxy) is 3. The van der Waals surface area contributed by atoms with Gasteiger partial charge in [0.1, 0.15) is 0 Å². The zero-order chi connectivity index (χ0) is 17.7. The third kappa shape index (κ3) is 7.27. The molecule has 2 aliphatic rings. The van der Waals surface area contributed by atoms with Crippen LogP contribution in [0.5, 0.6) is 0 Å². The number of hydrogen-bond donors (Lipinski definition) is 0. The van der Waals surface area contributed by atoms with Crippen molar-refractivity contribution in [3.8, 4) is 12.1 Å². The average Bonchev–Trinajstić information content (AvgIpc) is 2.68. The van der Waals surface area contributed by atoms with Crippen molar-refractivity contribution in [2.75, 3.05) is 65.8 Å². The molecule has 0 N–H and O–H groups in total. The van der Waals surface area contributed by atoms with E-state index in [-0.39, 0.29) is 12.1 Å². The summed E-state index contributed by atoms with van der Waals surface area (Å²) in [6, 6.07) is 5.03. The Kier molecular flexibility index (Phi) is 9.79. The molecule has 2 aliphatic heterocycles. The van der Waals surface area contributed by atoms with Crippen LogP contribution in [0.1, 0.15) is 25.7 Å². The van der Waals surface area contributed by atoms with Gasteiger partial charge in [-0.15, -0.1) is 0 Å². The van der Waals surface area contributed by atoms with E-state index in [1.54, 1.807) is 0 Å². The minimum Gasteiger partial charge on any atom is -0.379 e. The molecule has 2 atom stereocenters. The minimum atomic E-state index is 0.268. The first-order valence-corrected chi connectivity index (χ1v) is 9.30. The Hall–Kier alpha value is -1.22. The lowest BCUT2D eigenvalue weighted by Crippen LogP contribution is -2.48. The Morgan fingerprint density at radius 2 is 1.16 bits per heavy atom. The number of nitriles is 2. The van der Waals surface area contributed by atoms with E-state index >= 15 is 0 Å². The van der Waals surface area contributed by atoms with Gasteiger partial charge in [0.05, 0.1) is 51.8 Å². The van der Waals surface area contributed by atoms with Crippen LogP contribution in [0.2, 0.25) is 0 Å². The molecule has 0 saturated carbocycles. The Morgan fingerprint density at radius 3 is 1.52 bits per heavy atom. The minimum absolute atomic E-state index is 0.268. The van der Waals surface area contributed by atoms with Crippen molar-refractivity contribution < 1.29 is 14.2 Å². The van der Waals surface area contributed by atoms with Crippen molar-refractivity contribution in [2.24, 2.45) is 0 Å². The number of nitrogens with zero attached hydrogens (tertiary/aromatic N) is 4. The summed E-state index contributed by atoms with van der Waals surface area (Å²) in [5.74, 6) is 0. The summed E-state index contributed by atoms with van der Waals surface area (Å²) in [4.78, 5) is 4.75. The summed E-state index contributed by atoms with van der Waals surface area (Å²) < 4.78 is 16.9. The van der Waals surface area contributed by atoms with Crippen molar-refractivity contribution >= 4 is 0 Å². The molecule has 2 rings (SSSR count). The third-order valence-electron chi connectivity index (χ3n) is 4.92. The Morgan fingerprint density at radius 1 is 0.760 bits per heavy atom. The lowest BCUT2D eigenvalue weighted by atomic mass is 10.1. The van der Waals surface area contributed by atoms with Gasteiger partial charge in [0.25, 0.3) is 0 Å². The van der Waals surface area contributed by atoms with E-state index in [9.17, 15) is 0 Å². The smallest absolute Gasteiger partial charge is 0.0623 e. The summed E-state index contributed by atoms with van der Waals surface area (Å²) in [5, 5.41) is 17.8. The number of morpholine rings is 2. The monoisotopic (exact) mass is 350 g/mol. The molecule has 7 heteroatoms. The molecular weight excluding hydrogens is 320 g/mol. The average molecular weight is 350 g/mol. The van der Waals surface area contributed by atoms with Crippen LogP contribution in [0.3, 0.4) is 0 Å². The number of rotatable bonds is 10. The van der Waals surface area contributed by atoms with Gasteiger partial charge in [-0.25, -0.2) is 0 Å². The van der Waals surface area contributed by atoms with Gasteiger partial charge in [-0.05, 0) is 12.8 Å². The van der Waals surface area contributed by atoms with E-state index in [0.717, 1.165) is 65.4 Å². The fourth-order valence-corrected chi connectivity index (χ4v) is 3.43. The molecule has 0 aromatic heterocycles. The topological polar surface area (TPSA) is 81.8 Å². The first-order chi connectivity index (χ1) is 12.3. The molecule has 7 nitrogen and oxygen atoms in total. The Balaban J connectivity index is 1.81. The molecule has 0 aromatic rings. The highest BCUT2D eigenvalue weighted by molar-refractivity contribution is 4.82. The first-order valence-electron chi connectivity index (χ1n) is 9.30. The summed E-state index contributed by atoms with van der Waals surface area (Å²) in [6.45, 7) is 7.89. The third-order valence-corrected chi connectivity index (χ3v) is 4.92. The summed E-state index contributed by atoms with van der Waals surface area (Å²) in [5.41, 5.74) is 0. The van der Waals surface area contributed by atoms with Crippen LogP contribution in [0.25, 0.3) is 0 Å². The largest absolute Gasteiger partial charge is 0.379 e. The van der Waals surface area contributed by atoms with Crippen molar-refractivity contribution in [1.82, 2.24) is 9.80 Å². The van der Waals surface area contributed by atoms with Crippen LogP contribution >= 0.6 is 0 Å². The van der Waals surface area contributed by atoms with Crippen LogP contribution in [0, 0.1) is 22.7 Å². The van der Waals surface area contributed by atoms with Gasteiger partial charge in [0, 0.05) is 51.1 Å². The number of hydrogen-bond acceptors (Lipinski definition) is 7. The molecule has 2 unspecified atom stereocenters. The van der Waals surface area contributed by atoms with Crippen LogP contribution in [0.4, 0.5) is 0 Å². The standard InChI is InChI=1S/C18H30N4O3/c19-5-1-3-17(21-7-11-23-12-8-21)15-25-16-18(4-2-6-20)22-9-13-24-14-10-22/h17-18H,1-4,7-16H2.